The van der Waals surface area contributed by atoms with Crippen LogP contribution < -0.4 is 19.5 Å². The molecule has 3 aromatic rings. The third kappa shape index (κ3) is 6.90. The molecule has 1 fully saturated rings. The molecule has 2 atom stereocenters. The lowest BCUT2D eigenvalue weighted by Gasteiger charge is -2.37. The zero-order valence-electron chi connectivity index (χ0n) is 23.6. The second-order valence-electron chi connectivity index (χ2n) is 10.3. The topological polar surface area (TPSA) is 30.9 Å². The average molecular weight is 534 g/mol. The van der Waals surface area contributed by atoms with Crippen molar-refractivity contribution < 1.29 is 14.2 Å². The molecule has 2 unspecified atom stereocenters. The van der Waals surface area contributed by atoms with Gasteiger partial charge in [-0.1, -0.05) is 89.9 Å². The van der Waals surface area contributed by atoms with Crippen LogP contribution in [0.2, 0.25) is 0 Å². The zero-order chi connectivity index (χ0) is 26.8. The van der Waals surface area contributed by atoms with E-state index in [2.05, 4.69) is 73.3 Å². The van der Waals surface area contributed by atoms with Gasteiger partial charge in [-0.3, -0.25) is 4.90 Å². The first-order valence-electron chi connectivity index (χ1n) is 14.1. The maximum Gasteiger partial charge on any atom is 0.166 e. The van der Waals surface area contributed by atoms with Crippen LogP contribution in [0.3, 0.4) is 0 Å². The Kier molecular flexibility index (Phi) is 10.5. The lowest BCUT2D eigenvalue weighted by atomic mass is 9.89. The van der Waals surface area contributed by atoms with Crippen LogP contribution in [-0.4, -0.2) is 32.2 Å². The number of rotatable bonds is 13. The number of methoxy groups -OCH3 is 2. The number of nitrogens with zero attached hydrogens (tertiary/aromatic N) is 1. The van der Waals surface area contributed by atoms with Crippen LogP contribution in [0.5, 0.6) is 17.2 Å². The van der Waals surface area contributed by atoms with Crippen LogP contribution in [0, 0.1) is 0 Å². The monoisotopic (exact) mass is 533 g/mol. The average Bonchev–Trinajstić information content (AvgIpc) is 2.97. The Hall–Kier alpha value is -2.55. The highest BCUT2D eigenvalue weighted by atomic mass is 31.1. The minimum absolute atomic E-state index is 0.0827. The van der Waals surface area contributed by atoms with Crippen molar-refractivity contribution in [3.8, 4) is 17.2 Å². The van der Waals surface area contributed by atoms with Gasteiger partial charge in [-0.15, -0.1) is 0 Å². The minimum Gasteiger partial charge on any atom is -0.497 e. The van der Waals surface area contributed by atoms with Gasteiger partial charge in [-0.2, -0.15) is 0 Å². The summed E-state index contributed by atoms with van der Waals surface area (Å²) in [6.07, 6.45) is 7.15. The van der Waals surface area contributed by atoms with Crippen LogP contribution in [0.25, 0.3) is 0 Å². The second kappa shape index (κ2) is 14.0. The van der Waals surface area contributed by atoms with Gasteiger partial charge in [-0.25, -0.2) is 0 Å². The van der Waals surface area contributed by atoms with Gasteiger partial charge in [0, 0.05) is 23.3 Å². The molecule has 0 bridgehead atoms. The van der Waals surface area contributed by atoms with Crippen LogP contribution in [0.4, 0.5) is 0 Å². The Morgan fingerprint density at radius 3 is 2.29 bits per heavy atom. The fourth-order valence-electron chi connectivity index (χ4n) is 5.62. The Labute approximate surface area is 231 Å². The molecular formula is C33H44NO3P. The Morgan fingerprint density at radius 2 is 1.61 bits per heavy atom. The summed E-state index contributed by atoms with van der Waals surface area (Å²) in [5, 5.41) is 1.38. The summed E-state index contributed by atoms with van der Waals surface area (Å²) in [5.41, 5.74) is 3.80. The molecule has 1 heterocycles. The molecule has 1 aliphatic rings. The Morgan fingerprint density at radius 1 is 0.868 bits per heavy atom. The minimum atomic E-state index is -0.0827. The third-order valence-electron chi connectivity index (χ3n) is 7.74. The molecule has 0 N–H and O–H groups in total. The standard InChI is InChI=1S/C33H44NO3P/c1-5-19-33(6-2,38-31-18-12-11-17-27(31)24-34-20-13-8-14-21-34)29-22-28(35-3)23-30(36-4)32(29)37-25-26-15-9-7-10-16-26/h7,9-12,15-18,22-23,38H,5-6,8,13-14,19-21,24-25H2,1-4H3. The summed E-state index contributed by atoms with van der Waals surface area (Å²) in [5.74, 6) is 2.38. The third-order valence-corrected chi connectivity index (χ3v) is 9.85. The normalized spacial score (nSPS) is 15.9. The molecule has 1 saturated heterocycles. The number of benzene rings is 3. The maximum atomic E-state index is 6.60. The van der Waals surface area contributed by atoms with Crippen molar-refractivity contribution >= 4 is 13.9 Å². The number of piperidine rings is 1. The molecule has 0 saturated carbocycles. The van der Waals surface area contributed by atoms with Crippen molar-refractivity contribution in [2.75, 3.05) is 27.3 Å². The van der Waals surface area contributed by atoms with E-state index in [0.29, 0.717) is 15.2 Å². The van der Waals surface area contributed by atoms with Crippen LogP contribution in [0.15, 0.2) is 66.7 Å². The molecule has 204 valence electrons. The predicted octanol–water partition coefficient (Wildman–Crippen LogP) is 7.68. The van der Waals surface area contributed by atoms with E-state index in [4.69, 9.17) is 14.2 Å². The molecule has 0 spiro atoms. The van der Waals surface area contributed by atoms with Gasteiger partial charge in [0.05, 0.1) is 14.2 Å². The zero-order valence-corrected chi connectivity index (χ0v) is 24.6. The van der Waals surface area contributed by atoms with Gasteiger partial charge in [-0.05, 0) is 61.3 Å². The van der Waals surface area contributed by atoms with E-state index >= 15 is 0 Å². The fourth-order valence-corrected chi connectivity index (χ4v) is 7.51. The maximum absolute atomic E-state index is 6.60. The fraction of sp³-hybridized carbons (Fsp3) is 0.455. The van der Waals surface area contributed by atoms with Crippen molar-refractivity contribution in [3.63, 3.8) is 0 Å². The van der Waals surface area contributed by atoms with Crippen LogP contribution in [0.1, 0.15) is 69.1 Å². The molecule has 0 radical (unpaired) electrons. The first kappa shape index (κ1) is 28.5. The lowest BCUT2D eigenvalue weighted by Crippen LogP contribution is -2.31. The number of hydrogen-bond acceptors (Lipinski definition) is 4. The highest BCUT2D eigenvalue weighted by Crippen LogP contribution is 2.54. The summed E-state index contributed by atoms with van der Waals surface area (Å²) in [6, 6.07) is 23.6. The number of likely N-dealkylation sites (tertiary alicyclic amines) is 1. The number of ether oxygens (including phenoxy) is 3. The molecule has 0 aliphatic carbocycles. The molecule has 3 aromatic carbocycles. The molecule has 1 aliphatic heterocycles. The SMILES string of the molecule is CCCC(CC)(Pc1ccccc1CN1CCCCC1)c1cc(OC)cc(OC)c1OCc1ccccc1. The van der Waals surface area contributed by atoms with E-state index in [9.17, 15) is 0 Å². The van der Waals surface area contributed by atoms with E-state index in [1.165, 1.54) is 48.8 Å². The summed E-state index contributed by atoms with van der Waals surface area (Å²) in [7, 11) is 4.06. The van der Waals surface area contributed by atoms with Gasteiger partial charge in [0.15, 0.2) is 11.5 Å². The van der Waals surface area contributed by atoms with Crippen molar-refractivity contribution in [1.29, 1.82) is 0 Å². The summed E-state index contributed by atoms with van der Waals surface area (Å²) < 4.78 is 18.3. The summed E-state index contributed by atoms with van der Waals surface area (Å²) >= 11 is 0. The van der Waals surface area contributed by atoms with Crippen molar-refractivity contribution in [2.24, 2.45) is 0 Å². The molecule has 4 nitrogen and oxygen atoms in total. The Balaban J connectivity index is 1.75. The van der Waals surface area contributed by atoms with E-state index in [0.717, 1.165) is 48.6 Å². The molecule has 4 rings (SSSR count). The van der Waals surface area contributed by atoms with Gasteiger partial charge < -0.3 is 14.2 Å². The van der Waals surface area contributed by atoms with Gasteiger partial charge in [0.2, 0.25) is 0 Å². The van der Waals surface area contributed by atoms with E-state index in [1.807, 2.05) is 12.1 Å². The summed E-state index contributed by atoms with van der Waals surface area (Å²) in [6.45, 7) is 8.55. The Bertz CT molecular complexity index is 1150. The van der Waals surface area contributed by atoms with Crippen LogP contribution >= 0.6 is 8.58 Å². The van der Waals surface area contributed by atoms with Gasteiger partial charge in [0.1, 0.15) is 12.4 Å². The number of hydrogen-bond donors (Lipinski definition) is 0. The van der Waals surface area contributed by atoms with Crippen molar-refractivity contribution in [2.45, 2.75) is 70.7 Å². The second-order valence-corrected chi connectivity index (χ2v) is 12.0. The largest absolute Gasteiger partial charge is 0.497 e. The van der Waals surface area contributed by atoms with E-state index < -0.39 is 0 Å². The first-order valence-corrected chi connectivity index (χ1v) is 15.1. The molecule has 5 heteroatoms. The van der Waals surface area contributed by atoms with Crippen molar-refractivity contribution in [1.82, 2.24) is 4.90 Å². The van der Waals surface area contributed by atoms with Gasteiger partial charge >= 0.3 is 0 Å². The first-order chi connectivity index (χ1) is 18.6. The molecular weight excluding hydrogens is 489 g/mol. The molecule has 0 aromatic heterocycles. The molecule has 0 amide bonds. The summed E-state index contributed by atoms with van der Waals surface area (Å²) in [4.78, 5) is 2.63. The smallest absolute Gasteiger partial charge is 0.166 e. The molecule has 38 heavy (non-hydrogen) atoms. The van der Waals surface area contributed by atoms with Crippen molar-refractivity contribution in [3.05, 3.63) is 83.4 Å². The van der Waals surface area contributed by atoms with E-state index in [-0.39, 0.29) is 5.16 Å². The quantitative estimate of drug-likeness (QED) is 0.211. The lowest BCUT2D eigenvalue weighted by molar-refractivity contribution is 0.221. The van der Waals surface area contributed by atoms with Crippen LogP contribution in [-0.2, 0) is 18.3 Å². The highest BCUT2D eigenvalue weighted by Gasteiger charge is 2.36. The highest BCUT2D eigenvalue weighted by molar-refractivity contribution is 7.48. The van der Waals surface area contributed by atoms with E-state index in [1.54, 1.807) is 14.2 Å². The van der Waals surface area contributed by atoms with Gasteiger partial charge in [0.25, 0.3) is 0 Å². The predicted molar refractivity (Wildman–Crippen MR) is 161 cm³/mol.